The number of Topliss-reactive ketones (excluding diaryl/α,β-unsaturated/α-hetero) is 3. The first-order valence-electron chi connectivity index (χ1n) is 20.7. The van der Waals surface area contributed by atoms with E-state index >= 15 is 0 Å². The molecule has 0 bridgehead atoms. The topological polar surface area (TPSA) is 339 Å². The molecule has 344 valence electrons. The zero-order chi connectivity index (χ0) is 46.7. The Kier molecular flexibility index (Phi) is 14.1. The zero-order valence-electron chi connectivity index (χ0n) is 35.3. The number of methoxy groups -OCH3 is 1. The highest BCUT2D eigenvalue weighted by molar-refractivity contribution is 8.76. The molecule has 2 aromatic heterocycles. The van der Waals surface area contributed by atoms with Crippen LogP contribution in [-0.2, 0) is 46.3 Å². The molecule has 3 aliphatic heterocycles. The Morgan fingerprint density at radius 3 is 2.48 bits per heavy atom. The lowest BCUT2D eigenvalue weighted by atomic mass is 9.79. The SMILES string of the molecule is CO[C@@]12[C@H](COC(N)=O)C3=C(C(=O)C(C)=C(CCCSSCC(NC(=O)CCC(CC(=O)c4ccc(CCc5cnc6nc(N)[nH]c(=O)c6n5)cc4)C(=O)O)C(=O)O)C3=O)N1C[C@@H]1N[C@@H]12. The number of anilines is 1. The molecule has 2 unspecified atom stereocenters. The third kappa shape index (κ3) is 9.77. The molecule has 23 heteroatoms. The first-order valence-corrected chi connectivity index (χ1v) is 23.2. The van der Waals surface area contributed by atoms with Gasteiger partial charge in [0.1, 0.15) is 12.6 Å². The van der Waals surface area contributed by atoms with E-state index in [-0.39, 0.29) is 95.6 Å². The number of aromatic nitrogens is 4. The van der Waals surface area contributed by atoms with E-state index < -0.39 is 58.9 Å². The summed E-state index contributed by atoms with van der Waals surface area (Å²) < 4.78 is 11.2. The molecule has 0 spiro atoms. The molecule has 1 aliphatic carbocycles. The average Bonchev–Trinajstić information content (AvgIpc) is 3.88. The number of ketones is 3. The highest BCUT2D eigenvalue weighted by atomic mass is 33.1. The van der Waals surface area contributed by atoms with Gasteiger partial charge >= 0.3 is 18.0 Å². The second-order valence-electron chi connectivity index (χ2n) is 16.1. The molecule has 2 saturated heterocycles. The number of nitrogens with zero attached hydrogens (tertiary/aromatic N) is 4. The van der Waals surface area contributed by atoms with Crippen LogP contribution in [0.4, 0.5) is 10.7 Å². The molecule has 0 radical (unpaired) electrons. The number of nitrogen functional groups attached to an aromatic ring is 1. The lowest BCUT2D eigenvalue weighted by molar-refractivity contribution is -0.143. The Morgan fingerprint density at radius 2 is 1.78 bits per heavy atom. The molecule has 65 heavy (non-hydrogen) atoms. The number of nitrogens with two attached hydrogens (primary N) is 2. The summed E-state index contributed by atoms with van der Waals surface area (Å²) in [7, 11) is 4.02. The van der Waals surface area contributed by atoms with Gasteiger partial charge in [-0.05, 0) is 44.6 Å². The third-order valence-electron chi connectivity index (χ3n) is 12.1. The van der Waals surface area contributed by atoms with Crippen LogP contribution in [0.2, 0.25) is 0 Å². The van der Waals surface area contributed by atoms with Crippen LogP contribution < -0.4 is 27.7 Å². The number of aryl methyl sites for hydroxylation is 2. The lowest BCUT2D eigenvalue weighted by Gasteiger charge is -2.39. The van der Waals surface area contributed by atoms with E-state index in [4.69, 9.17) is 20.9 Å². The number of rotatable bonds is 22. The quantitative estimate of drug-likeness (QED) is 0.0245. The smallest absolute Gasteiger partial charge is 0.404 e. The molecule has 4 aliphatic rings. The number of ether oxygens (including phenoxy) is 2. The Morgan fingerprint density at radius 1 is 1.03 bits per heavy atom. The number of carbonyl (C=O) groups excluding carboxylic acids is 5. The van der Waals surface area contributed by atoms with E-state index in [0.717, 1.165) is 5.56 Å². The number of fused-ring (bicyclic) bond motifs is 5. The summed E-state index contributed by atoms with van der Waals surface area (Å²) in [5, 5.41) is 25.4. The Balaban J connectivity index is 0.841. The highest BCUT2D eigenvalue weighted by Crippen LogP contribution is 2.56. The normalized spacial score (nSPS) is 21.8. The summed E-state index contributed by atoms with van der Waals surface area (Å²) in [5.74, 6) is -5.84. The van der Waals surface area contributed by atoms with Gasteiger partial charge in [-0.3, -0.25) is 33.8 Å². The number of amides is 2. The number of benzene rings is 1. The lowest BCUT2D eigenvalue weighted by Crippen LogP contribution is -2.55. The van der Waals surface area contributed by atoms with Crippen LogP contribution in [0.15, 0.2) is 57.7 Å². The van der Waals surface area contributed by atoms with E-state index in [9.17, 15) is 48.6 Å². The van der Waals surface area contributed by atoms with Crippen LogP contribution in [0.3, 0.4) is 0 Å². The number of aliphatic carboxylic acids is 2. The van der Waals surface area contributed by atoms with Crippen molar-refractivity contribution in [2.75, 3.05) is 37.5 Å². The van der Waals surface area contributed by atoms with Crippen LogP contribution in [-0.4, -0.2) is 132 Å². The van der Waals surface area contributed by atoms with Gasteiger partial charge in [0, 0.05) is 66.3 Å². The maximum absolute atomic E-state index is 14.1. The minimum Gasteiger partial charge on any atom is -0.481 e. The van der Waals surface area contributed by atoms with Crippen molar-refractivity contribution in [1.82, 2.24) is 35.5 Å². The second kappa shape index (κ2) is 19.5. The summed E-state index contributed by atoms with van der Waals surface area (Å²) in [6.45, 7) is 1.83. The first kappa shape index (κ1) is 46.8. The third-order valence-corrected chi connectivity index (χ3v) is 14.6. The van der Waals surface area contributed by atoms with Crippen molar-refractivity contribution in [2.24, 2.45) is 17.6 Å². The predicted octanol–water partition coefficient (Wildman–Crippen LogP) is 1.31. The van der Waals surface area contributed by atoms with Gasteiger partial charge in [-0.1, -0.05) is 45.9 Å². The molecule has 2 amide bonds. The van der Waals surface area contributed by atoms with Gasteiger partial charge in [0.2, 0.25) is 17.6 Å². The second-order valence-corrected chi connectivity index (χ2v) is 18.7. The largest absolute Gasteiger partial charge is 0.481 e. The Bertz CT molecular complexity index is 2580. The number of H-pyrrole nitrogens is 1. The summed E-state index contributed by atoms with van der Waals surface area (Å²) in [4.78, 5) is 118. The highest BCUT2D eigenvalue weighted by Gasteiger charge is 2.72. The van der Waals surface area contributed by atoms with Gasteiger partial charge in [-0.15, -0.1) is 0 Å². The van der Waals surface area contributed by atoms with Gasteiger partial charge < -0.3 is 46.7 Å². The number of aromatic amines is 1. The van der Waals surface area contributed by atoms with Crippen molar-refractivity contribution in [2.45, 2.75) is 75.7 Å². The van der Waals surface area contributed by atoms with Crippen molar-refractivity contribution in [3.05, 3.63) is 80.1 Å². The summed E-state index contributed by atoms with van der Waals surface area (Å²) in [5.41, 5.74) is 12.3. The summed E-state index contributed by atoms with van der Waals surface area (Å²) in [6.07, 6.45) is 1.25. The number of hydrogen-bond acceptors (Lipinski definition) is 18. The van der Waals surface area contributed by atoms with Crippen molar-refractivity contribution in [3.63, 3.8) is 0 Å². The fourth-order valence-corrected chi connectivity index (χ4v) is 11.0. The van der Waals surface area contributed by atoms with Crippen LogP contribution in [0.25, 0.3) is 11.2 Å². The molecule has 2 fully saturated rings. The number of carboxylic acids is 2. The van der Waals surface area contributed by atoms with Gasteiger partial charge in [0.05, 0.1) is 35.5 Å². The van der Waals surface area contributed by atoms with Crippen molar-refractivity contribution < 1.29 is 53.2 Å². The average molecular weight is 934 g/mol. The number of nitrogens with one attached hydrogen (secondary N) is 3. The molecule has 6 atom stereocenters. The molecule has 1 aromatic carbocycles. The van der Waals surface area contributed by atoms with E-state index in [1.165, 1.54) is 34.9 Å². The molecule has 0 saturated carbocycles. The Hall–Kier alpha value is -6.17. The van der Waals surface area contributed by atoms with E-state index in [2.05, 4.69) is 30.6 Å². The van der Waals surface area contributed by atoms with Crippen LogP contribution >= 0.6 is 21.6 Å². The predicted molar refractivity (Wildman–Crippen MR) is 235 cm³/mol. The maximum atomic E-state index is 14.1. The number of carboxylic acid groups (broad SMARTS) is 2. The van der Waals surface area contributed by atoms with Crippen molar-refractivity contribution in [1.29, 1.82) is 0 Å². The fraction of sp³-hybridized carbons (Fsp3) is 0.452. The number of hydrogen-bond donors (Lipinski definition) is 7. The monoisotopic (exact) mass is 933 g/mol. The van der Waals surface area contributed by atoms with E-state index in [0.29, 0.717) is 48.4 Å². The minimum atomic E-state index is -1.28. The summed E-state index contributed by atoms with van der Waals surface area (Å²) in [6, 6.07) is 5.23. The maximum Gasteiger partial charge on any atom is 0.404 e. The molecule has 21 nitrogen and oxygen atoms in total. The minimum absolute atomic E-state index is 0.0207. The molecule has 9 N–H and O–H groups in total. The Labute approximate surface area is 378 Å². The van der Waals surface area contributed by atoms with E-state index in [1.54, 1.807) is 31.2 Å². The molecule has 5 heterocycles. The fourth-order valence-electron chi connectivity index (χ4n) is 8.75. The number of piperazine rings is 1. The standard InChI is InChI=1S/C42H47N9O12S2/c1-19-24(34(55)30-25(17-63-41(44)61)42(62-2)35-26(48-35)16-51(42)32(30)33(19)54)4-3-13-64-65-18-27(39(59)60)47-29(53)12-10-22(38(57)58)14-28(52)21-8-5-20(6-9-21)7-11-23-15-45-36-31(46-23)37(56)50-40(43)49-36/h5-6,8-9,15,22,25-27,35,48H,3-4,7,10-14,16-18H2,1-2H3,(H2,44,61)(H,47,53)(H,57,58)(H,59,60)(H3,43,45,49,50,56)/t22?,25-,26+,27?,35+,42-/m1/s1. The molecule has 3 aromatic rings. The van der Waals surface area contributed by atoms with Crippen LogP contribution in [0.5, 0.6) is 0 Å². The van der Waals surface area contributed by atoms with E-state index in [1.807, 2.05) is 4.90 Å². The number of allylic oxidation sites excluding steroid dienone is 2. The van der Waals surface area contributed by atoms with Gasteiger partial charge in [0.25, 0.3) is 5.56 Å². The van der Waals surface area contributed by atoms with Gasteiger partial charge in [-0.25, -0.2) is 19.6 Å². The number of primary amides is 1. The molecular weight excluding hydrogens is 887 g/mol. The summed E-state index contributed by atoms with van der Waals surface area (Å²) >= 11 is 0. The number of carbonyl (C=O) groups is 7. The van der Waals surface area contributed by atoms with Crippen LogP contribution in [0.1, 0.15) is 60.6 Å². The van der Waals surface area contributed by atoms with Gasteiger partial charge in [-0.2, -0.15) is 4.98 Å². The van der Waals surface area contributed by atoms with Crippen molar-refractivity contribution >= 4 is 80.0 Å². The van der Waals surface area contributed by atoms with Gasteiger partial charge in [0.15, 0.2) is 28.5 Å². The molecule has 7 rings (SSSR count). The molecular formula is C42H47N9O12S2. The van der Waals surface area contributed by atoms with Crippen LogP contribution in [0, 0.1) is 11.8 Å². The van der Waals surface area contributed by atoms with Crippen molar-refractivity contribution in [3.8, 4) is 0 Å². The first-order chi connectivity index (χ1) is 31.0. The zero-order valence-corrected chi connectivity index (χ0v) is 36.9.